The quantitative estimate of drug-likeness (QED) is 0.0955. The zero-order chi connectivity index (χ0) is 34.1. The smallest absolute Gasteiger partial charge is 0.338 e. The van der Waals surface area contributed by atoms with Gasteiger partial charge in [0.05, 0.1) is 23.5 Å². The van der Waals surface area contributed by atoms with Crippen LogP contribution < -0.4 is 10.6 Å². The molecule has 0 aromatic heterocycles. The van der Waals surface area contributed by atoms with E-state index in [-0.39, 0.29) is 42.3 Å². The predicted molar refractivity (Wildman–Crippen MR) is 153 cm³/mol. The molecule has 1 heterocycles. The van der Waals surface area contributed by atoms with Crippen LogP contribution in [0, 0.1) is 18.3 Å². The predicted octanol–water partition coefficient (Wildman–Crippen LogP) is -0.327. The van der Waals surface area contributed by atoms with E-state index in [0.717, 1.165) is 18.9 Å². The van der Waals surface area contributed by atoms with Crippen molar-refractivity contribution in [1.29, 1.82) is 0 Å². The number of phenols is 2. The molecular weight excluding hydrogens is 600 g/mol. The Morgan fingerprint density at radius 2 is 1.62 bits per heavy atom. The molecule has 4 unspecified atom stereocenters. The number of carboxylic acid groups (broad SMARTS) is 2. The third-order valence-corrected chi connectivity index (χ3v) is 7.33. The normalized spacial score (nSPS) is 18.8. The Bertz CT molecular complexity index is 1220. The molecule has 1 saturated heterocycles. The number of hydrogen-bond acceptors (Lipinski definition) is 13. The maximum atomic E-state index is 12.6. The minimum Gasteiger partial charge on any atom is -0.504 e. The molecule has 252 valence electrons. The maximum Gasteiger partial charge on any atom is 0.338 e. The molecule has 0 radical (unpaired) electrons. The topological polar surface area (TPSA) is 258 Å². The number of aromatic hydroxyl groups is 2. The van der Waals surface area contributed by atoms with Crippen LogP contribution in [0.3, 0.4) is 0 Å². The summed E-state index contributed by atoms with van der Waals surface area (Å²) in [7, 11) is 0. The van der Waals surface area contributed by atoms with Crippen molar-refractivity contribution in [2.24, 2.45) is 11.3 Å². The van der Waals surface area contributed by atoms with E-state index in [1.807, 2.05) is 20.8 Å². The molecule has 1 amide bonds. The van der Waals surface area contributed by atoms with Gasteiger partial charge in [-0.15, -0.1) is 0 Å². The molecule has 3 rings (SSSR count). The number of rotatable bonds is 14. The monoisotopic (exact) mass is 642 g/mol. The van der Waals surface area contributed by atoms with E-state index in [0.29, 0.717) is 31.7 Å². The van der Waals surface area contributed by atoms with Crippen LogP contribution >= 0.6 is 0 Å². The summed E-state index contributed by atoms with van der Waals surface area (Å²) in [5.74, 6) is -5.54. The molecule has 1 saturated carbocycles. The number of esters is 2. The molecule has 2 fully saturated rings. The van der Waals surface area contributed by atoms with E-state index in [1.165, 1.54) is 6.07 Å². The van der Waals surface area contributed by atoms with Gasteiger partial charge in [0.1, 0.15) is 12.7 Å². The Balaban J connectivity index is 0.000000607. The number of aliphatic hydroxyl groups excluding tert-OH is 2. The van der Waals surface area contributed by atoms with Crippen molar-refractivity contribution in [3.05, 3.63) is 23.3 Å². The van der Waals surface area contributed by atoms with Gasteiger partial charge >= 0.3 is 23.9 Å². The molecule has 1 aliphatic heterocycles. The van der Waals surface area contributed by atoms with Crippen molar-refractivity contribution >= 4 is 29.8 Å². The van der Waals surface area contributed by atoms with Crippen LogP contribution in [-0.2, 0) is 33.4 Å². The number of carbonyl (C=O) groups excluding carboxylic acids is 3. The second-order valence-electron chi connectivity index (χ2n) is 12.0. The Hall–Kier alpha value is -3.99. The number of carboxylic acids is 2. The third-order valence-electron chi connectivity index (χ3n) is 7.33. The fourth-order valence-electron chi connectivity index (χ4n) is 3.88. The van der Waals surface area contributed by atoms with Crippen molar-refractivity contribution in [2.75, 3.05) is 32.9 Å². The lowest BCUT2D eigenvalue weighted by Gasteiger charge is -2.30. The van der Waals surface area contributed by atoms with Crippen molar-refractivity contribution in [2.45, 2.75) is 70.8 Å². The van der Waals surface area contributed by atoms with Crippen LogP contribution in [0.4, 0.5) is 0 Å². The Morgan fingerprint density at radius 3 is 2.13 bits per heavy atom. The number of aryl methyl sites for hydroxylation is 1. The maximum absolute atomic E-state index is 12.6. The molecule has 4 atom stereocenters. The second-order valence-corrected chi connectivity index (χ2v) is 12.0. The van der Waals surface area contributed by atoms with E-state index in [9.17, 15) is 34.2 Å². The zero-order valence-corrected chi connectivity index (χ0v) is 25.6. The molecule has 0 spiro atoms. The van der Waals surface area contributed by atoms with Crippen LogP contribution in [0.5, 0.6) is 11.5 Å². The van der Waals surface area contributed by atoms with Gasteiger partial charge in [0, 0.05) is 25.2 Å². The number of nitrogens with one attached hydrogen (secondary N) is 2. The highest BCUT2D eigenvalue weighted by atomic mass is 16.6. The zero-order valence-electron chi connectivity index (χ0n) is 25.6. The number of carbonyl (C=O) groups is 5. The van der Waals surface area contributed by atoms with E-state index < -0.39 is 52.9 Å². The highest BCUT2D eigenvalue weighted by molar-refractivity contribution is 5.92. The Morgan fingerprint density at radius 1 is 1.04 bits per heavy atom. The summed E-state index contributed by atoms with van der Waals surface area (Å²) in [6, 6.07) is 2.41. The fourth-order valence-corrected chi connectivity index (χ4v) is 3.88. The summed E-state index contributed by atoms with van der Waals surface area (Å²) in [5.41, 5.74) is -0.487. The average molecular weight is 643 g/mol. The molecule has 8 N–H and O–H groups in total. The third kappa shape index (κ3) is 11.5. The lowest BCUT2D eigenvalue weighted by molar-refractivity contribution is -0.165. The van der Waals surface area contributed by atoms with Crippen molar-refractivity contribution in [3.8, 4) is 11.5 Å². The molecule has 45 heavy (non-hydrogen) atoms. The summed E-state index contributed by atoms with van der Waals surface area (Å²) in [6.07, 6.45) is -3.08. The summed E-state index contributed by atoms with van der Waals surface area (Å²) >= 11 is 0. The number of hydrogen-bond donors (Lipinski definition) is 8. The van der Waals surface area contributed by atoms with Crippen LogP contribution in [0.1, 0.15) is 56.0 Å². The first-order chi connectivity index (χ1) is 20.9. The molecule has 16 heteroatoms. The van der Waals surface area contributed by atoms with Gasteiger partial charge < -0.3 is 55.5 Å². The van der Waals surface area contributed by atoms with Crippen LogP contribution in [0.2, 0.25) is 0 Å². The van der Waals surface area contributed by atoms with Crippen LogP contribution in [-0.4, -0.2) is 117 Å². The number of phenolic OH excluding ortho intramolecular Hbond substituents is 2. The van der Waals surface area contributed by atoms with E-state index in [4.69, 9.17) is 34.6 Å². The molecule has 1 aliphatic carbocycles. The average Bonchev–Trinajstić information content (AvgIpc) is 3.49. The van der Waals surface area contributed by atoms with Gasteiger partial charge in [-0.25, -0.2) is 14.4 Å². The van der Waals surface area contributed by atoms with Crippen LogP contribution in [0.15, 0.2) is 12.1 Å². The largest absolute Gasteiger partial charge is 0.504 e. The lowest BCUT2D eigenvalue weighted by Crippen LogP contribution is -2.53. The molecule has 16 nitrogen and oxygen atoms in total. The molecule has 2 aliphatic rings. The number of benzene rings is 1. The molecular formula is C29H42N2O14. The van der Waals surface area contributed by atoms with Gasteiger partial charge in [-0.05, 0) is 64.7 Å². The first kappa shape index (κ1) is 37.2. The van der Waals surface area contributed by atoms with Gasteiger partial charge in [-0.3, -0.25) is 9.59 Å². The first-order valence-corrected chi connectivity index (χ1v) is 14.2. The summed E-state index contributed by atoms with van der Waals surface area (Å²) in [4.78, 5) is 57.0. The van der Waals surface area contributed by atoms with Gasteiger partial charge in [0.25, 0.3) is 0 Å². The highest BCUT2D eigenvalue weighted by Gasteiger charge is 2.47. The van der Waals surface area contributed by atoms with Crippen molar-refractivity contribution < 1.29 is 68.8 Å². The van der Waals surface area contributed by atoms with E-state index >= 15 is 0 Å². The minimum atomic E-state index is -2.27. The minimum absolute atomic E-state index is 0.0524. The Labute approximate surface area is 259 Å². The summed E-state index contributed by atoms with van der Waals surface area (Å²) in [5, 5.41) is 58.1. The SMILES string of the molecule is Cc1cc(O)c(O)cc1C(=O)OCC(CNC(C)(C)CNC(=O)C1CCOC1)OC(=O)C1(C)CC1.O=C(O)C(O)C(O)C(=O)O. The number of amides is 1. The Kier molecular flexibility index (Phi) is 13.1. The van der Waals surface area contributed by atoms with Gasteiger partial charge in [-0.2, -0.15) is 0 Å². The van der Waals surface area contributed by atoms with Crippen molar-refractivity contribution in [3.63, 3.8) is 0 Å². The number of ether oxygens (including phenoxy) is 3. The molecule has 1 aromatic carbocycles. The van der Waals surface area contributed by atoms with Gasteiger partial charge in [0.2, 0.25) is 5.91 Å². The second kappa shape index (κ2) is 15.8. The fraction of sp³-hybridized carbons (Fsp3) is 0.621. The van der Waals surface area contributed by atoms with E-state index in [2.05, 4.69) is 10.6 Å². The summed E-state index contributed by atoms with van der Waals surface area (Å²) < 4.78 is 16.3. The number of aliphatic hydroxyl groups is 2. The number of aliphatic carboxylic acids is 2. The summed E-state index contributed by atoms with van der Waals surface area (Å²) in [6.45, 7) is 8.64. The van der Waals surface area contributed by atoms with E-state index in [1.54, 1.807) is 6.92 Å². The standard InChI is InChI=1S/C25H36N2O8.C4H6O6/c1-15-9-19(28)20(29)10-18(15)22(31)34-13-17(35-23(32)25(4)6-7-25)11-27-24(2,3)14-26-21(30)16-5-8-33-12-16;5-1(3(7)8)2(6)4(9)10/h9-10,16-17,27-29H,5-8,11-14H2,1-4H3,(H,26,30);1-2,5-6H,(H,7,8)(H,9,10). The first-order valence-electron chi connectivity index (χ1n) is 14.2. The van der Waals surface area contributed by atoms with Crippen LogP contribution in [0.25, 0.3) is 0 Å². The van der Waals surface area contributed by atoms with Gasteiger partial charge in [-0.1, -0.05) is 0 Å². The van der Waals surface area contributed by atoms with Gasteiger partial charge in [0.15, 0.2) is 23.7 Å². The van der Waals surface area contributed by atoms with Crippen molar-refractivity contribution in [1.82, 2.24) is 10.6 Å². The lowest BCUT2D eigenvalue weighted by atomic mass is 10.0. The highest BCUT2D eigenvalue weighted by Crippen LogP contribution is 2.46. The molecule has 1 aromatic rings. The molecule has 0 bridgehead atoms.